The van der Waals surface area contributed by atoms with Gasteiger partial charge in [-0.1, -0.05) is 48.5 Å². The maximum atomic E-state index is 13.3. The summed E-state index contributed by atoms with van der Waals surface area (Å²) in [5, 5.41) is 12.4. The van der Waals surface area contributed by atoms with Gasteiger partial charge in [0.15, 0.2) is 0 Å². The van der Waals surface area contributed by atoms with Crippen LogP contribution in [0.2, 0.25) is 0 Å². The number of urea groups is 1. The Bertz CT molecular complexity index is 1240. The van der Waals surface area contributed by atoms with Crippen LogP contribution in [0, 0.1) is 12.7 Å². The van der Waals surface area contributed by atoms with E-state index in [2.05, 4.69) is 5.32 Å². The maximum Gasteiger partial charge on any atom is 0.336 e. The van der Waals surface area contributed by atoms with Crippen LogP contribution in [0.4, 0.5) is 14.9 Å². The van der Waals surface area contributed by atoms with Gasteiger partial charge in [0.2, 0.25) is 0 Å². The van der Waals surface area contributed by atoms with Gasteiger partial charge in [0.25, 0.3) is 0 Å². The molecule has 0 radical (unpaired) electrons. The first-order chi connectivity index (χ1) is 18.9. The Morgan fingerprint density at radius 2 is 1.69 bits per heavy atom. The highest BCUT2D eigenvalue weighted by Gasteiger charge is 2.25. The van der Waals surface area contributed by atoms with Crippen molar-refractivity contribution in [3.63, 3.8) is 0 Å². The molecule has 3 aromatic carbocycles. The van der Waals surface area contributed by atoms with Crippen LogP contribution in [0.15, 0.2) is 72.8 Å². The number of halogens is 1. The summed E-state index contributed by atoms with van der Waals surface area (Å²) in [6, 6.07) is 20.5. The summed E-state index contributed by atoms with van der Waals surface area (Å²) in [5.41, 5.74) is 3.21. The number of carbonyl (C=O) groups excluding carboxylic acids is 1. The van der Waals surface area contributed by atoms with Gasteiger partial charge in [-0.15, -0.1) is 0 Å². The summed E-state index contributed by atoms with van der Waals surface area (Å²) in [6.07, 6.45) is 3.45. The Morgan fingerprint density at radius 3 is 2.41 bits per heavy atom. The maximum absolute atomic E-state index is 13.3. The molecule has 0 heterocycles. The van der Waals surface area contributed by atoms with Crippen LogP contribution in [0.3, 0.4) is 0 Å². The predicted octanol–water partition coefficient (Wildman–Crippen LogP) is 6.41. The number of carbonyl (C=O) groups is 2. The van der Waals surface area contributed by atoms with Crippen molar-refractivity contribution in [2.75, 3.05) is 18.5 Å². The van der Waals surface area contributed by atoms with E-state index in [-0.39, 0.29) is 30.7 Å². The van der Waals surface area contributed by atoms with Crippen LogP contribution in [0.25, 0.3) is 0 Å². The second-order valence-corrected chi connectivity index (χ2v) is 9.85. The van der Waals surface area contributed by atoms with E-state index in [1.54, 1.807) is 24.0 Å². The quantitative estimate of drug-likeness (QED) is 0.297. The Balaban J connectivity index is 1.30. The zero-order chi connectivity index (χ0) is 27.6. The normalized spacial score (nSPS) is 17.0. The molecule has 7 nitrogen and oxygen atoms in total. The monoisotopic (exact) mass is 534 g/mol. The SMILES string of the molecule is Cc1cccc(COC2CCCC(OCCN(Cc3ccccc3)C(=O)Nc3ccc(F)cc3)C2)c1C(=O)O. The first-order valence-corrected chi connectivity index (χ1v) is 13.3. The molecule has 4 rings (SSSR count). The number of nitrogens with zero attached hydrogens (tertiary/aromatic N) is 1. The van der Waals surface area contributed by atoms with Gasteiger partial charge >= 0.3 is 12.0 Å². The van der Waals surface area contributed by atoms with Crippen molar-refractivity contribution in [3.8, 4) is 0 Å². The van der Waals surface area contributed by atoms with Gasteiger partial charge in [-0.05, 0) is 73.6 Å². The Labute approximate surface area is 228 Å². The fourth-order valence-electron chi connectivity index (χ4n) is 4.89. The predicted molar refractivity (Wildman–Crippen MR) is 147 cm³/mol. The zero-order valence-corrected chi connectivity index (χ0v) is 22.1. The Kier molecular flexibility index (Phi) is 10.1. The summed E-state index contributed by atoms with van der Waals surface area (Å²) in [4.78, 5) is 26.4. The van der Waals surface area contributed by atoms with Gasteiger partial charge in [0.05, 0.1) is 31.0 Å². The first kappa shape index (κ1) is 28.3. The van der Waals surface area contributed by atoms with Crippen LogP contribution >= 0.6 is 0 Å². The van der Waals surface area contributed by atoms with Gasteiger partial charge < -0.3 is 24.8 Å². The fourth-order valence-corrected chi connectivity index (χ4v) is 4.89. The average Bonchev–Trinajstić information content (AvgIpc) is 2.93. The van der Waals surface area contributed by atoms with Crippen LogP contribution in [-0.2, 0) is 22.6 Å². The van der Waals surface area contributed by atoms with Crippen molar-refractivity contribution in [1.29, 1.82) is 0 Å². The molecule has 8 heteroatoms. The third-order valence-electron chi connectivity index (χ3n) is 6.94. The lowest BCUT2D eigenvalue weighted by molar-refractivity contribution is -0.0524. The lowest BCUT2D eigenvalue weighted by Crippen LogP contribution is -2.38. The van der Waals surface area contributed by atoms with E-state index >= 15 is 0 Å². The summed E-state index contributed by atoms with van der Waals surface area (Å²) >= 11 is 0. The van der Waals surface area contributed by atoms with Crippen LogP contribution in [0.5, 0.6) is 0 Å². The van der Waals surface area contributed by atoms with Crippen molar-refractivity contribution < 1.29 is 28.6 Å². The number of benzene rings is 3. The molecule has 0 aliphatic heterocycles. The first-order valence-electron chi connectivity index (χ1n) is 13.3. The minimum Gasteiger partial charge on any atom is -0.478 e. The molecule has 2 unspecified atom stereocenters. The lowest BCUT2D eigenvalue weighted by atomic mass is 9.94. The van der Waals surface area contributed by atoms with E-state index in [9.17, 15) is 19.1 Å². The topological polar surface area (TPSA) is 88.1 Å². The second-order valence-electron chi connectivity index (χ2n) is 9.85. The highest BCUT2D eigenvalue weighted by Crippen LogP contribution is 2.25. The number of carboxylic acid groups (broad SMARTS) is 1. The van der Waals surface area contributed by atoms with Crippen LogP contribution < -0.4 is 5.32 Å². The molecule has 1 fully saturated rings. The molecule has 0 spiro atoms. The largest absolute Gasteiger partial charge is 0.478 e. The number of hydrogen-bond acceptors (Lipinski definition) is 4. The molecule has 2 atom stereocenters. The second kappa shape index (κ2) is 13.9. The summed E-state index contributed by atoms with van der Waals surface area (Å²) in [6.45, 7) is 3.20. The number of nitrogens with one attached hydrogen (secondary N) is 1. The van der Waals surface area contributed by atoms with Crippen molar-refractivity contribution >= 4 is 17.7 Å². The van der Waals surface area contributed by atoms with Gasteiger partial charge in [0, 0.05) is 18.8 Å². The number of ether oxygens (including phenoxy) is 2. The van der Waals surface area contributed by atoms with Gasteiger partial charge in [0.1, 0.15) is 5.82 Å². The number of amides is 2. The Morgan fingerprint density at radius 1 is 0.974 bits per heavy atom. The van der Waals surface area contributed by atoms with Gasteiger partial charge in [-0.3, -0.25) is 0 Å². The number of hydrogen-bond donors (Lipinski definition) is 2. The minimum absolute atomic E-state index is 0.000983. The molecular weight excluding hydrogens is 499 g/mol. The van der Waals surface area contributed by atoms with Crippen LogP contribution in [-0.4, -0.2) is 47.4 Å². The number of rotatable bonds is 11. The van der Waals surface area contributed by atoms with E-state index in [1.807, 2.05) is 36.4 Å². The molecule has 2 N–H and O–H groups in total. The van der Waals surface area contributed by atoms with E-state index in [0.717, 1.165) is 30.4 Å². The molecule has 0 saturated heterocycles. The van der Waals surface area contributed by atoms with Gasteiger partial charge in [-0.25, -0.2) is 14.0 Å². The number of aromatic carboxylic acids is 1. The summed E-state index contributed by atoms with van der Waals surface area (Å²) in [7, 11) is 0. The van der Waals surface area contributed by atoms with Crippen molar-refractivity contribution in [1.82, 2.24) is 4.90 Å². The standard InChI is InChI=1S/C31H35FN2O5/c1-22-7-5-10-24(29(22)30(35)36)21-39-28-12-6-11-27(19-28)38-18-17-34(20-23-8-3-2-4-9-23)31(37)33-26-15-13-25(32)14-16-26/h2-5,7-10,13-16,27-28H,6,11-12,17-21H2,1H3,(H,33,37)(H,35,36). The van der Waals surface area contributed by atoms with Gasteiger partial charge in [-0.2, -0.15) is 0 Å². The molecule has 206 valence electrons. The smallest absolute Gasteiger partial charge is 0.336 e. The summed E-state index contributed by atoms with van der Waals surface area (Å²) < 4.78 is 25.6. The molecular formula is C31H35FN2O5. The highest BCUT2D eigenvalue weighted by molar-refractivity contribution is 5.91. The van der Waals surface area contributed by atoms with E-state index in [0.29, 0.717) is 42.9 Å². The summed E-state index contributed by atoms with van der Waals surface area (Å²) in [5.74, 6) is -1.31. The van der Waals surface area contributed by atoms with Crippen molar-refractivity contribution in [2.24, 2.45) is 0 Å². The fraction of sp³-hybridized carbons (Fsp3) is 0.355. The number of anilines is 1. The van der Waals surface area contributed by atoms with Crippen molar-refractivity contribution in [2.45, 2.75) is 58.0 Å². The molecule has 0 bridgehead atoms. The number of carboxylic acids is 1. The molecule has 1 aliphatic rings. The van der Waals surface area contributed by atoms with E-state index in [1.165, 1.54) is 24.3 Å². The number of aryl methyl sites for hydroxylation is 1. The third kappa shape index (κ3) is 8.37. The molecule has 39 heavy (non-hydrogen) atoms. The highest BCUT2D eigenvalue weighted by atomic mass is 19.1. The molecule has 1 saturated carbocycles. The van der Waals surface area contributed by atoms with Crippen LogP contribution in [0.1, 0.15) is 52.7 Å². The molecule has 1 aliphatic carbocycles. The van der Waals surface area contributed by atoms with E-state index in [4.69, 9.17) is 9.47 Å². The van der Waals surface area contributed by atoms with Crippen molar-refractivity contribution in [3.05, 3.63) is 101 Å². The Hall–Kier alpha value is -3.75. The zero-order valence-electron chi connectivity index (χ0n) is 22.1. The molecule has 3 aromatic rings. The lowest BCUT2D eigenvalue weighted by Gasteiger charge is -2.30. The average molecular weight is 535 g/mol. The van der Waals surface area contributed by atoms with E-state index < -0.39 is 5.97 Å². The molecule has 2 amide bonds. The minimum atomic E-state index is -0.944. The third-order valence-corrected chi connectivity index (χ3v) is 6.94. The molecule has 0 aromatic heterocycles.